The summed E-state index contributed by atoms with van der Waals surface area (Å²) in [6.45, 7) is 8.36. The predicted octanol–water partition coefficient (Wildman–Crippen LogP) is 2.48. The van der Waals surface area contributed by atoms with Crippen LogP contribution in [0.2, 0.25) is 0 Å². The molecule has 0 saturated heterocycles. The SMILES string of the molecule is C=CC(OCc1ccccc1)C(C)(C)COS(=O)(=O)CCCN. The van der Waals surface area contributed by atoms with E-state index in [1.54, 1.807) is 6.08 Å². The van der Waals surface area contributed by atoms with Crippen molar-refractivity contribution >= 4 is 10.1 Å². The maximum absolute atomic E-state index is 11.8. The molecule has 2 N–H and O–H groups in total. The van der Waals surface area contributed by atoms with Gasteiger partial charge >= 0.3 is 0 Å². The molecule has 130 valence electrons. The number of hydrogen-bond donors (Lipinski definition) is 1. The Bertz CT molecular complexity index is 570. The molecule has 0 spiro atoms. The van der Waals surface area contributed by atoms with E-state index < -0.39 is 15.5 Å². The minimum absolute atomic E-state index is 0.0331. The normalized spacial score (nSPS) is 13.7. The average Bonchev–Trinajstić information content (AvgIpc) is 2.53. The van der Waals surface area contributed by atoms with Gasteiger partial charge in [0.1, 0.15) is 0 Å². The molecule has 1 aromatic rings. The van der Waals surface area contributed by atoms with E-state index in [4.69, 9.17) is 14.7 Å². The van der Waals surface area contributed by atoms with Crippen molar-refractivity contribution in [3.8, 4) is 0 Å². The third kappa shape index (κ3) is 7.26. The highest BCUT2D eigenvalue weighted by Gasteiger charge is 2.30. The molecule has 0 aliphatic heterocycles. The van der Waals surface area contributed by atoms with Crippen LogP contribution in [0.5, 0.6) is 0 Å². The molecule has 1 aromatic carbocycles. The predicted molar refractivity (Wildman–Crippen MR) is 92.4 cm³/mol. The van der Waals surface area contributed by atoms with Crippen LogP contribution in [-0.2, 0) is 25.6 Å². The van der Waals surface area contributed by atoms with Crippen LogP contribution in [0.4, 0.5) is 0 Å². The van der Waals surface area contributed by atoms with Gasteiger partial charge in [0.05, 0.1) is 25.1 Å². The number of hydrogen-bond acceptors (Lipinski definition) is 5. The number of rotatable bonds is 11. The van der Waals surface area contributed by atoms with Gasteiger partial charge in [-0.25, -0.2) is 0 Å². The molecule has 23 heavy (non-hydrogen) atoms. The van der Waals surface area contributed by atoms with Crippen molar-refractivity contribution in [2.75, 3.05) is 18.9 Å². The monoisotopic (exact) mass is 341 g/mol. The Kier molecular flexibility index (Phi) is 7.91. The summed E-state index contributed by atoms with van der Waals surface area (Å²) in [5.74, 6) is -0.0663. The Morgan fingerprint density at radius 1 is 1.30 bits per heavy atom. The summed E-state index contributed by atoms with van der Waals surface area (Å²) in [7, 11) is -3.56. The molecule has 0 amide bonds. The maximum Gasteiger partial charge on any atom is 0.267 e. The highest BCUT2D eigenvalue weighted by atomic mass is 32.2. The van der Waals surface area contributed by atoms with Crippen molar-refractivity contribution in [2.24, 2.45) is 11.1 Å². The Morgan fingerprint density at radius 2 is 1.96 bits per heavy atom. The van der Waals surface area contributed by atoms with Gasteiger partial charge in [-0.1, -0.05) is 50.3 Å². The third-order valence-electron chi connectivity index (χ3n) is 3.47. The zero-order chi connectivity index (χ0) is 17.3. The van der Waals surface area contributed by atoms with E-state index in [1.165, 1.54) is 0 Å². The summed E-state index contributed by atoms with van der Waals surface area (Å²) in [5.41, 5.74) is 5.86. The van der Waals surface area contributed by atoms with Crippen LogP contribution in [0.1, 0.15) is 25.8 Å². The van der Waals surface area contributed by atoms with Crippen molar-refractivity contribution in [2.45, 2.75) is 33.0 Å². The number of benzene rings is 1. The highest BCUT2D eigenvalue weighted by molar-refractivity contribution is 7.86. The second-order valence-electron chi connectivity index (χ2n) is 6.11. The van der Waals surface area contributed by atoms with Crippen molar-refractivity contribution < 1.29 is 17.3 Å². The van der Waals surface area contributed by atoms with Gasteiger partial charge in [-0.2, -0.15) is 8.42 Å². The van der Waals surface area contributed by atoms with Crippen LogP contribution in [-0.4, -0.2) is 33.4 Å². The zero-order valence-corrected chi connectivity index (χ0v) is 14.7. The van der Waals surface area contributed by atoms with E-state index in [-0.39, 0.29) is 18.5 Å². The van der Waals surface area contributed by atoms with E-state index in [0.29, 0.717) is 19.6 Å². The minimum atomic E-state index is -3.56. The summed E-state index contributed by atoms with van der Waals surface area (Å²) < 4.78 is 34.6. The van der Waals surface area contributed by atoms with Gasteiger partial charge < -0.3 is 10.5 Å². The fourth-order valence-electron chi connectivity index (χ4n) is 2.02. The fourth-order valence-corrected chi connectivity index (χ4v) is 3.14. The molecule has 5 nitrogen and oxygen atoms in total. The van der Waals surface area contributed by atoms with Gasteiger partial charge in [0.2, 0.25) is 0 Å². The zero-order valence-electron chi connectivity index (χ0n) is 13.9. The summed E-state index contributed by atoms with van der Waals surface area (Å²) in [5, 5.41) is 0. The molecule has 1 rings (SSSR count). The van der Waals surface area contributed by atoms with Crippen molar-refractivity contribution in [1.82, 2.24) is 0 Å². The molecule has 0 fully saturated rings. The lowest BCUT2D eigenvalue weighted by Gasteiger charge is -2.31. The number of ether oxygens (including phenoxy) is 1. The molecule has 0 aromatic heterocycles. The molecule has 0 aliphatic carbocycles. The largest absolute Gasteiger partial charge is 0.369 e. The molecule has 1 atom stereocenters. The molecular weight excluding hydrogens is 314 g/mol. The minimum Gasteiger partial charge on any atom is -0.369 e. The smallest absolute Gasteiger partial charge is 0.267 e. The van der Waals surface area contributed by atoms with E-state index >= 15 is 0 Å². The summed E-state index contributed by atoms with van der Waals surface area (Å²) in [6.07, 6.45) is 1.74. The van der Waals surface area contributed by atoms with Gasteiger partial charge in [-0.15, -0.1) is 6.58 Å². The van der Waals surface area contributed by atoms with Gasteiger partial charge in [-0.3, -0.25) is 4.18 Å². The molecule has 6 heteroatoms. The quantitative estimate of drug-likeness (QED) is 0.494. The maximum atomic E-state index is 11.8. The molecule has 1 unspecified atom stereocenters. The van der Waals surface area contributed by atoms with E-state index in [0.717, 1.165) is 5.56 Å². The Balaban J connectivity index is 2.58. The molecule has 0 heterocycles. The Labute approximate surface area is 139 Å². The molecule has 0 aliphatic rings. The van der Waals surface area contributed by atoms with Crippen LogP contribution < -0.4 is 5.73 Å². The van der Waals surface area contributed by atoms with Gasteiger partial charge in [0.15, 0.2) is 0 Å². The van der Waals surface area contributed by atoms with Crippen LogP contribution in [0, 0.1) is 5.41 Å². The Morgan fingerprint density at radius 3 is 2.52 bits per heavy atom. The lowest BCUT2D eigenvalue weighted by atomic mass is 9.87. The summed E-state index contributed by atoms with van der Waals surface area (Å²) >= 11 is 0. The molecule has 0 radical (unpaired) electrons. The van der Waals surface area contributed by atoms with E-state index in [9.17, 15) is 8.42 Å². The first-order valence-electron chi connectivity index (χ1n) is 7.66. The molecule has 0 saturated carbocycles. The first-order valence-corrected chi connectivity index (χ1v) is 9.24. The molecular formula is C17H27NO4S. The summed E-state index contributed by atoms with van der Waals surface area (Å²) in [4.78, 5) is 0. The Hall–Kier alpha value is -1.21. The van der Waals surface area contributed by atoms with E-state index in [2.05, 4.69) is 6.58 Å². The fraction of sp³-hybridized carbons (Fsp3) is 0.529. The van der Waals surface area contributed by atoms with Crippen LogP contribution in [0.15, 0.2) is 43.0 Å². The first kappa shape index (κ1) is 19.8. The lowest BCUT2D eigenvalue weighted by Crippen LogP contribution is -2.35. The second-order valence-corrected chi connectivity index (χ2v) is 7.87. The van der Waals surface area contributed by atoms with Crippen LogP contribution in [0.25, 0.3) is 0 Å². The van der Waals surface area contributed by atoms with Gasteiger partial charge in [-0.05, 0) is 18.5 Å². The van der Waals surface area contributed by atoms with Gasteiger partial charge in [0.25, 0.3) is 10.1 Å². The second kappa shape index (κ2) is 9.17. The van der Waals surface area contributed by atoms with Crippen molar-refractivity contribution in [1.29, 1.82) is 0 Å². The van der Waals surface area contributed by atoms with Crippen molar-refractivity contribution in [3.63, 3.8) is 0 Å². The van der Waals surface area contributed by atoms with Crippen LogP contribution in [0.3, 0.4) is 0 Å². The average molecular weight is 341 g/mol. The standard InChI is InChI=1S/C17H27NO4S/c1-4-16(21-13-15-9-6-5-7-10-15)17(2,3)14-22-23(19,20)12-8-11-18/h4-7,9-10,16H,1,8,11-14,18H2,2-3H3. The van der Waals surface area contributed by atoms with Crippen LogP contribution >= 0.6 is 0 Å². The highest BCUT2D eigenvalue weighted by Crippen LogP contribution is 2.26. The lowest BCUT2D eigenvalue weighted by molar-refractivity contribution is -0.0228. The van der Waals surface area contributed by atoms with Crippen molar-refractivity contribution in [3.05, 3.63) is 48.6 Å². The topological polar surface area (TPSA) is 78.6 Å². The molecule has 0 bridgehead atoms. The first-order chi connectivity index (χ1) is 10.8. The van der Waals surface area contributed by atoms with Gasteiger partial charge in [0, 0.05) is 5.41 Å². The number of nitrogens with two attached hydrogens (primary N) is 1. The summed E-state index contributed by atoms with van der Waals surface area (Å²) in [6, 6.07) is 9.78. The third-order valence-corrected chi connectivity index (χ3v) is 4.73. The van der Waals surface area contributed by atoms with E-state index in [1.807, 2.05) is 44.2 Å².